The summed E-state index contributed by atoms with van der Waals surface area (Å²) in [6.07, 6.45) is 3.01. The van der Waals surface area contributed by atoms with E-state index in [1.165, 1.54) is 11.2 Å². The van der Waals surface area contributed by atoms with Crippen molar-refractivity contribution in [2.45, 2.75) is 6.54 Å². The van der Waals surface area contributed by atoms with Gasteiger partial charge in [-0.2, -0.15) is 5.10 Å². The number of rotatable bonds is 4. The summed E-state index contributed by atoms with van der Waals surface area (Å²) in [5.41, 5.74) is 1.24. The quantitative estimate of drug-likeness (QED) is 0.821. The number of amides is 1. The molecular formula is C11H14N6O. The van der Waals surface area contributed by atoms with Crippen LogP contribution in [0, 0.1) is 0 Å². The lowest BCUT2D eigenvalue weighted by molar-refractivity contribution is 0.0776. The fourth-order valence-corrected chi connectivity index (χ4v) is 1.50. The van der Waals surface area contributed by atoms with Crippen LogP contribution >= 0.6 is 0 Å². The molecule has 0 aromatic carbocycles. The summed E-state index contributed by atoms with van der Waals surface area (Å²) in [6, 6.07) is 3.51. The topological polar surface area (TPSA) is 86.8 Å². The molecule has 7 nitrogen and oxygen atoms in total. The maximum Gasteiger partial charge on any atom is 0.272 e. The van der Waals surface area contributed by atoms with Gasteiger partial charge in [0.25, 0.3) is 5.91 Å². The molecule has 0 radical (unpaired) electrons. The number of hydrogen-bond acceptors (Lipinski definition) is 5. The number of hydrogen-bond donors (Lipinski definition) is 2. The van der Waals surface area contributed by atoms with Gasteiger partial charge in [0, 0.05) is 26.0 Å². The largest absolute Gasteiger partial charge is 0.388 e. The van der Waals surface area contributed by atoms with E-state index in [0.29, 0.717) is 18.1 Å². The van der Waals surface area contributed by atoms with Crippen LogP contribution < -0.4 is 5.32 Å². The Bertz CT molecular complexity index is 524. The number of carbonyl (C=O) groups is 1. The predicted molar refractivity (Wildman–Crippen MR) is 66.0 cm³/mol. The van der Waals surface area contributed by atoms with E-state index in [0.717, 1.165) is 5.69 Å². The number of H-pyrrole nitrogens is 1. The standard InChI is InChI=1S/C11H14N6O/c1-12-8-3-4-13-9(5-8)11(18)17(2)6-10-14-7-15-16-10/h3-5,7H,6H2,1-2H3,(H,12,13)(H,14,15,16). The molecular weight excluding hydrogens is 232 g/mol. The molecule has 7 heteroatoms. The molecule has 0 saturated carbocycles. The second-order valence-corrected chi connectivity index (χ2v) is 3.77. The zero-order valence-electron chi connectivity index (χ0n) is 10.2. The van der Waals surface area contributed by atoms with Gasteiger partial charge >= 0.3 is 0 Å². The molecule has 2 aromatic heterocycles. The molecule has 0 saturated heterocycles. The monoisotopic (exact) mass is 246 g/mol. The molecule has 18 heavy (non-hydrogen) atoms. The van der Waals surface area contributed by atoms with Gasteiger partial charge in [-0.05, 0) is 12.1 Å². The highest BCUT2D eigenvalue weighted by atomic mass is 16.2. The molecule has 2 rings (SSSR count). The van der Waals surface area contributed by atoms with Crippen molar-refractivity contribution in [1.82, 2.24) is 25.1 Å². The summed E-state index contributed by atoms with van der Waals surface area (Å²) in [6.45, 7) is 0.365. The fourth-order valence-electron chi connectivity index (χ4n) is 1.50. The van der Waals surface area contributed by atoms with Gasteiger partial charge in [0.1, 0.15) is 17.8 Å². The average Bonchev–Trinajstić information content (AvgIpc) is 2.90. The number of aromatic amines is 1. The Hall–Kier alpha value is -2.44. The number of carbonyl (C=O) groups excluding carboxylic acids is 1. The predicted octanol–water partition coefficient (Wildman–Crippen LogP) is 0.514. The molecule has 0 fully saturated rings. The van der Waals surface area contributed by atoms with Crippen molar-refractivity contribution in [2.75, 3.05) is 19.4 Å². The van der Waals surface area contributed by atoms with Gasteiger partial charge in [-0.25, -0.2) is 4.98 Å². The van der Waals surface area contributed by atoms with E-state index in [-0.39, 0.29) is 5.91 Å². The average molecular weight is 246 g/mol. The van der Waals surface area contributed by atoms with Crippen molar-refractivity contribution in [1.29, 1.82) is 0 Å². The Kier molecular flexibility index (Phi) is 3.52. The molecule has 2 heterocycles. The third kappa shape index (κ3) is 2.62. The van der Waals surface area contributed by atoms with Gasteiger partial charge < -0.3 is 10.2 Å². The van der Waals surface area contributed by atoms with Crippen LogP contribution in [0.1, 0.15) is 16.3 Å². The first-order chi connectivity index (χ1) is 8.70. The minimum Gasteiger partial charge on any atom is -0.388 e. The summed E-state index contributed by atoms with van der Waals surface area (Å²) < 4.78 is 0. The minimum absolute atomic E-state index is 0.163. The van der Waals surface area contributed by atoms with Gasteiger partial charge in [0.2, 0.25) is 0 Å². The SMILES string of the molecule is CNc1ccnc(C(=O)N(C)Cc2ncn[nH]2)c1. The van der Waals surface area contributed by atoms with Gasteiger partial charge in [-0.3, -0.25) is 14.9 Å². The summed E-state index contributed by atoms with van der Waals surface area (Å²) in [4.78, 5) is 21.7. The molecule has 0 spiro atoms. The van der Waals surface area contributed by atoms with Crippen LogP contribution in [-0.2, 0) is 6.54 Å². The molecule has 0 aliphatic heterocycles. The van der Waals surface area contributed by atoms with Crippen molar-refractivity contribution >= 4 is 11.6 Å². The van der Waals surface area contributed by atoms with Gasteiger partial charge in [-0.15, -0.1) is 0 Å². The van der Waals surface area contributed by atoms with Crippen LogP contribution in [0.5, 0.6) is 0 Å². The molecule has 0 unspecified atom stereocenters. The number of nitrogens with zero attached hydrogens (tertiary/aromatic N) is 4. The molecule has 1 amide bonds. The first-order valence-electron chi connectivity index (χ1n) is 5.44. The van der Waals surface area contributed by atoms with E-state index in [4.69, 9.17) is 0 Å². The molecule has 0 aliphatic rings. The highest BCUT2D eigenvalue weighted by Gasteiger charge is 2.14. The highest BCUT2D eigenvalue weighted by molar-refractivity contribution is 5.92. The third-order valence-corrected chi connectivity index (χ3v) is 2.47. The first-order valence-corrected chi connectivity index (χ1v) is 5.44. The maximum atomic E-state index is 12.1. The van der Waals surface area contributed by atoms with E-state index in [2.05, 4.69) is 25.5 Å². The normalized spacial score (nSPS) is 10.1. The molecule has 2 N–H and O–H groups in total. The number of pyridine rings is 1. The molecule has 0 atom stereocenters. The van der Waals surface area contributed by atoms with E-state index in [1.54, 1.807) is 32.4 Å². The molecule has 0 aliphatic carbocycles. The molecule has 2 aromatic rings. The van der Waals surface area contributed by atoms with E-state index < -0.39 is 0 Å². The van der Waals surface area contributed by atoms with Crippen molar-refractivity contribution in [3.63, 3.8) is 0 Å². The van der Waals surface area contributed by atoms with Crippen molar-refractivity contribution in [3.05, 3.63) is 36.2 Å². The smallest absolute Gasteiger partial charge is 0.272 e. The summed E-state index contributed by atoms with van der Waals surface area (Å²) in [5, 5.41) is 9.41. The summed E-state index contributed by atoms with van der Waals surface area (Å²) >= 11 is 0. The second-order valence-electron chi connectivity index (χ2n) is 3.77. The minimum atomic E-state index is -0.163. The molecule has 0 bridgehead atoms. The van der Waals surface area contributed by atoms with Crippen LogP contribution in [0.4, 0.5) is 5.69 Å². The van der Waals surface area contributed by atoms with Crippen LogP contribution in [0.3, 0.4) is 0 Å². The summed E-state index contributed by atoms with van der Waals surface area (Å²) in [5.74, 6) is 0.471. The highest BCUT2D eigenvalue weighted by Crippen LogP contribution is 2.09. The van der Waals surface area contributed by atoms with Crippen molar-refractivity contribution in [3.8, 4) is 0 Å². The van der Waals surface area contributed by atoms with E-state index in [9.17, 15) is 4.79 Å². The number of nitrogens with one attached hydrogen (secondary N) is 2. The lowest BCUT2D eigenvalue weighted by Gasteiger charge is -2.15. The number of aromatic nitrogens is 4. The first kappa shape index (κ1) is 12.0. The Labute approximate surface area is 104 Å². The summed E-state index contributed by atoms with van der Waals surface area (Å²) in [7, 11) is 3.49. The number of anilines is 1. The van der Waals surface area contributed by atoms with Crippen LogP contribution in [0.15, 0.2) is 24.7 Å². The Morgan fingerprint density at radius 2 is 2.33 bits per heavy atom. The van der Waals surface area contributed by atoms with Crippen molar-refractivity contribution < 1.29 is 4.79 Å². The van der Waals surface area contributed by atoms with Gasteiger partial charge in [0.15, 0.2) is 0 Å². The third-order valence-electron chi connectivity index (χ3n) is 2.47. The van der Waals surface area contributed by atoms with Gasteiger partial charge in [-0.1, -0.05) is 0 Å². The Morgan fingerprint density at radius 1 is 1.50 bits per heavy atom. The Morgan fingerprint density at radius 3 is 3.00 bits per heavy atom. The maximum absolute atomic E-state index is 12.1. The van der Waals surface area contributed by atoms with Crippen LogP contribution in [0.2, 0.25) is 0 Å². The van der Waals surface area contributed by atoms with Crippen LogP contribution in [0.25, 0.3) is 0 Å². The van der Waals surface area contributed by atoms with Crippen molar-refractivity contribution in [2.24, 2.45) is 0 Å². The fraction of sp³-hybridized carbons (Fsp3) is 0.273. The Balaban J connectivity index is 2.10. The lowest BCUT2D eigenvalue weighted by atomic mass is 10.3. The zero-order chi connectivity index (χ0) is 13.0. The zero-order valence-corrected chi connectivity index (χ0v) is 10.2. The lowest BCUT2D eigenvalue weighted by Crippen LogP contribution is -2.27. The molecule has 94 valence electrons. The second kappa shape index (κ2) is 5.26. The van der Waals surface area contributed by atoms with Gasteiger partial charge in [0.05, 0.1) is 6.54 Å². The van der Waals surface area contributed by atoms with Crippen LogP contribution in [-0.4, -0.2) is 45.1 Å². The van der Waals surface area contributed by atoms with E-state index >= 15 is 0 Å². The van der Waals surface area contributed by atoms with E-state index in [1.807, 2.05) is 0 Å².